The Kier molecular flexibility index (Phi) is 16.1. The molecule has 8 heteroatoms. The minimum atomic E-state index is -0.551. The lowest BCUT2D eigenvalue weighted by molar-refractivity contribution is -0.112. The third-order valence-corrected chi connectivity index (χ3v) is 2.20. The number of rotatable bonds is 5. The summed E-state index contributed by atoms with van der Waals surface area (Å²) in [5.41, 5.74) is 10.4. The first-order chi connectivity index (χ1) is 6.07. The van der Waals surface area contributed by atoms with Gasteiger partial charge < -0.3 is 16.8 Å². The lowest BCUT2D eigenvalue weighted by atomic mass is 10.2. The van der Waals surface area contributed by atoms with E-state index in [0.717, 1.165) is 11.8 Å². The Bertz CT molecular complexity index is 195. The molecular weight excluding hydrogens is 261 g/mol. The number of carbonyl (C=O) groups excluding carboxylic acids is 2. The van der Waals surface area contributed by atoms with E-state index in [2.05, 4.69) is 5.32 Å². The fourth-order valence-corrected chi connectivity index (χ4v) is 1.22. The molecule has 0 spiro atoms. The number of thioether (sulfide) groups is 1. The molecule has 0 saturated carbocycles. The van der Waals surface area contributed by atoms with E-state index in [9.17, 15) is 9.59 Å². The first-order valence-electron chi connectivity index (χ1n) is 3.94. The predicted molar refractivity (Wildman–Crippen MR) is 67.8 cm³/mol. The van der Waals surface area contributed by atoms with Crippen molar-refractivity contribution in [1.29, 1.82) is 0 Å². The smallest absolute Gasteiger partial charge is 0.312 e. The van der Waals surface area contributed by atoms with Crippen LogP contribution >= 0.6 is 36.6 Å². The van der Waals surface area contributed by atoms with Gasteiger partial charge in [0.15, 0.2) is 0 Å². The Morgan fingerprint density at radius 3 is 2.33 bits per heavy atom. The molecule has 0 bridgehead atoms. The Morgan fingerprint density at radius 2 is 1.93 bits per heavy atom. The molecule has 0 heterocycles. The van der Waals surface area contributed by atoms with E-state index in [1.165, 1.54) is 0 Å². The second kappa shape index (κ2) is 11.9. The van der Waals surface area contributed by atoms with E-state index in [-0.39, 0.29) is 29.9 Å². The van der Waals surface area contributed by atoms with Gasteiger partial charge in [0, 0.05) is 6.54 Å². The SMILES string of the molecule is CSC(=O)C(N)CCCNC(N)=O.Cl.Cl. The lowest BCUT2D eigenvalue weighted by Crippen LogP contribution is -2.32. The van der Waals surface area contributed by atoms with Crippen LogP contribution in [0.3, 0.4) is 0 Å². The van der Waals surface area contributed by atoms with Gasteiger partial charge >= 0.3 is 6.03 Å². The van der Waals surface area contributed by atoms with Crippen molar-refractivity contribution in [3.05, 3.63) is 0 Å². The number of nitrogens with one attached hydrogen (secondary N) is 1. The van der Waals surface area contributed by atoms with Crippen LogP contribution in [0.25, 0.3) is 0 Å². The summed E-state index contributed by atoms with van der Waals surface area (Å²) < 4.78 is 0. The molecule has 0 aromatic carbocycles. The molecule has 0 fully saturated rings. The maximum absolute atomic E-state index is 11.0. The molecule has 1 atom stereocenters. The summed E-state index contributed by atoms with van der Waals surface area (Å²) in [6.07, 6.45) is 2.93. The number of carbonyl (C=O) groups is 2. The molecular formula is C7H17Cl2N3O2S. The molecule has 1 unspecified atom stereocenters. The maximum Gasteiger partial charge on any atom is 0.312 e. The summed E-state index contributed by atoms with van der Waals surface area (Å²) in [7, 11) is 0. The van der Waals surface area contributed by atoms with Gasteiger partial charge in [-0.15, -0.1) is 24.8 Å². The summed E-state index contributed by atoms with van der Waals surface area (Å²) in [6.45, 7) is 0.463. The minimum Gasteiger partial charge on any atom is -0.352 e. The van der Waals surface area contributed by atoms with Gasteiger partial charge in [-0.3, -0.25) is 4.79 Å². The number of halogens is 2. The molecule has 0 aliphatic heterocycles. The van der Waals surface area contributed by atoms with Crippen LogP contribution < -0.4 is 16.8 Å². The zero-order valence-corrected chi connectivity index (χ0v) is 10.8. The first-order valence-corrected chi connectivity index (χ1v) is 5.17. The Balaban J connectivity index is -0.000000720. The zero-order valence-electron chi connectivity index (χ0n) is 8.39. The largest absolute Gasteiger partial charge is 0.352 e. The van der Waals surface area contributed by atoms with Crippen LogP contribution in [-0.4, -0.2) is 30.0 Å². The fraction of sp³-hybridized carbons (Fsp3) is 0.714. The maximum atomic E-state index is 11.0. The third kappa shape index (κ3) is 11.8. The highest BCUT2D eigenvalue weighted by atomic mass is 35.5. The van der Waals surface area contributed by atoms with Gasteiger partial charge in [0.05, 0.1) is 6.04 Å². The number of primary amides is 1. The van der Waals surface area contributed by atoms with Crippen LogP contribution in [0.2, 0.25) is 0 Å². The second-order valence-corrected chi connectivity index (χ2v) is 3.37. The van der Waals surface area contributed by atoms with E-state index in [4.69, 9.17) is 11.5 Å². The van der Waals surface area contributed by atoms with Gasteiger partial charge in [0.2, 0.25) is 5.12 Å². The molecule has 0 radical (unpaired) electrons. The van der Waals surface area contributed by atoms with Crippen LogP contribution in [-0.2, 0) is 4.79 Å². The van der Waals surface area contributed by atoms with Crippen LogP contribution in [0.1, 0.15) is 12.8 Å². The zero-order chi connectivity index (χ0) is 10.3. The molecule has 5 nitrogen and oxygen atoms in total. The normalized spacial score (nSPS) is 10.5. The van der Waals surface area contributed by atoms with E-state index in [0.29, 0.717) is 19.4 Å². The molecule has 0 saturated heterocycles. The molecule has 15 heavy (non-hydrogen) atoms. The summed E-state index contributed by atoms with van der Waals surface area (Å²) >= 11 is 1.12. The van der Waals surface area contributed by atoms with Crippen molar-refractivity contribution < 1.29 is 9.59 Å². The van der Waals surface area contributed by atoms with Gasteiger partial charge in [0.25, 0.3) is 0 Å². The molecule has 0 aromatic rings. The topological polar surface area (TPSA) is 98.2 Å². The average molecular weight is 278 g/mol. The number of hydrogen-bond donors (Lipinski definition) is 3. The van der Waals surface area contributed by atoms with Crippen molar-refractivity contribution in [2.45, 2.75) is 18.9 Å². The van der Waals surface area contributed by atoms with Crippen molar-refractivity contribution >= 4 is 47.7 Å². The monoisotopic (exact) mass is 277 g/mol. The standard InChI is InChI=1S/C7H15N3O2S.2ClH/c1-13-6(11)5(8)3-2-4-10-7(9)12;;/h5H,2-4,8H2,1H3,(H3,9,10,12);2*1H. The summed E-state index contributed by atoms with van der Waals surface area (Å²) in [5, 5.41) is 2.39. The highest BCUT2D eigenvalue weighted by molar-refractivity contribution is 8.13. The van der Waals surface area contributed by atoms with E-state index >= 15 is 0 Å². The molecule has 0 aromatic heterocycles. The van der Waals surface area contributed by atoms with Crippen LogP contribution in [0.4, 0.5) is 4.79 Å². The van der Waals surface area contributed by atoms with E-state index < -0.39 is 12.1 Å². The van der Waals surface area contributed by atoms with Crippen molar-refractivity contribution in [2.75, 3.05) is 12.8 Å². The van der Waals surface area contributed by atoms with E-state index in [1.807, 2.05) is 0 Å². The molecule has 2 amide bonds. The molecule has 0 rings (SSSR count). The van der Waals surface area contributed by atoms with Gasteiger partial charge in [-0.25, -0.2) is 4.79 Å². The number of hydrogen-bond acceptors (Lipinski definition) is 4. The molecule has 5 N–H and O–H groups in total. The highest BCUT2D eigenvalue weighted by Gasteiger charge is 2.10. The predicted octanol–water partition coefficient (Wildman–Crippen LogP) is 0.495. The third-order valence-electron chi connectivity index (χ3n) is 1.50. The van der Waals surface area contributed by atoms with Gasteiger partial charge in [0.1, 0.15) is 0 Å². The lowest BCUT2D eigenvalue weighted by Gasteiger charge is -2.07. The highest BCUT2D eigenvalue weighted by Crippen LogP contribution is 2.03. The summed E-state index contributed by atoms with van der Waals surface area (Å²) in [5.74, 6) is 0. The second-order valence-electron chi connectivity index (χ2n) is 2.56. The van der Waals surface area contributed by atoms with Gasteiger partial charge in [-0.05, 0) is 19.1 Å². The van der Waals surface area contributed by atoms with Crippen molar-refractivity contribution in [3.63, 3.8) is 0 Å². The Labute approximate surface area is 106 Å². The number of amides is 2. The van der Waals surface area contributed by atoms with Crippen LogP contribution in [0.15, 0.2) is 0 Å². The van der Waals surface area contributed by atoms with Gasteiger partial charge in [-0.2, -0.15) is 0 Å². The van der Waals surface area contributed by atoms with Crippen molar-refractivity contribution in [2.24, 2.45) is 11.5 Å². The minimum absolute atomic E-state index is 0. The Hall–Kier alpha value is -0.170. The quantitative estimate of drug-likeness (QED) is 0.637. The first kappa shape index (κ1) is 20.3. The van der Waals surface area contributed by atoms with E-state index in [1.54, 1.807) is 6.26 Å². The summed E-state index contributed by atoms with van der Waals surface area (Å²) in [4.78, 5) is 21.2. The van der Waals surface area contributed by atoms with Gasteiger partial charge in [-0.1, -0.05) is 11.8 Å². The fourth-order valence-electron chi connectivity index (χ4n) is 0.803. The molecule has 92 valence electrons. The molecule has 0 aliphatic carbocycles. The van der Waals surface area contributed by atoms with Crippen molar-refractivity contribution in [1.82, 2.24) is 5.32 Å². The summed E-state index contributed by atoms with van der Waals surface area (Å²) in [6, 6.07) is -0.991. The number of urea groups is 1. The van der Waals surface area contributed by atoms with Crippen molar-refractivity contribution in [3.8, 4) is 0 Å². The van der Waals surface area contributed by atoms with Crippen LogP contribution in [0, 0.1) is 0 Å². The average Bonchev–Trinajstić information content (AvgIpc) is 2.10. The molecule has 0 aliphatic rings. The number of nitrogens with two attached hydrogens (primary N) is 2. The van der Waals surface area contributed by atoms with Crippen LogP contribution in [0.5, 0.6) is 0 Å². The Morgan fingerprint density at radius 1 is 1.40 bits per heavy atom.